The first kappa shape index (κ1) is 26.0. The van der Waals surface area contributed by atoms with Crippen LogP contribution in [-0.2, 0) is 5.41 Å². The number of nitrogens with zero attached hydrogens (tertiary/aromatic N) is 3. The molecule has 1 aliphatic rings. The van der Waals surface area contributed by atoms with Crippen LogP contribution in [0.3, 0.4) is 0 Å². The molecule has 2 radical (unpaired) electrons. The van der Waals surface area contributed by atoms with Crippen LogP contribution in [0, 0.1) is 0 Å². The second kappa shape index (κ2) is 9.51. The smallest absolute Gasteiger partial charge is 0.235 e. The van der Waals surface area contributed by atoms with Crippen LogP contribution in [0.2, 0.25) is 0 Å². The predicted molar refractivity (Wildman–Crippen MR) is 188 cm³/mol. The Labute approximate surface area is 263 Å². The minimum absolute atomic E-state index is 0.104. The molecule has 0 saturated heterocycles. The van der Waals surface area contributed by atoms with E-state index in [1.54, 1.807) is 0 Å². The van der Waals surface area contributed by atoms with Gasteiger partial charge in [-0.25, -0.2) is 9.97 Å². The highest BCUT2D eigenvalue weighted by Gasteiger charge is 2.36. The molecular weight excluding hydrogens is 545 g/mol. The number of fused-ring (bicyclic) bond motifs is 7. The lowest BCUT2D eigenvalue weighted by Crippen LogP contribution is -2.14. The zero-order chi connectivity index (χ0) is 30.3. The van der Waals surface area contributed by atoms with Crippen LogP contribution in [0.1, 0.15) is 25.0 Å². The minimum Gasteiger partial charge on any atom is -0.278 e. The van der Waals surface area contributed by atoms with Crippen LogP contribution in [-0.4, -0.2) is 22.4 Å². The predicted octanol–water partition coefficient (Wildman–Crippen LogP) is 9.16. The lowest BCUT2D eigenvalue weighted by Gasteiger charge is -2.21. The summed E-state index contributed by atoms with van der Waals surface area (Å²) in [5.74, 6) is 0.645. The van der Waals surface area contributed by atoms with Crippen molar-refractivity contribution in [3.8, 4) is 39.5 Å². The zero-order valence-electron chi connectivity index (χ0n) is 25.1. The highest BCUT2D eigenvalue weighted by molar-refractivity contribution is 6.34. The Hall–Kier alpha value is -5.48. The third-order valence-corrected chi connectivity index (χ3v) is 9.55. The number of hydrogen-bond donors (Lipinski definition) is 0. The molecule has 0 fully saturated rings. The summed E-state index contributed by atoms with van der Waals surface area (Å²) in [6.45, 7) is 4.64. The number of para-hydroxylation sites is 1. The van der Waals surface area contributed by atoms with E-state index in [0.29, 0.717) is 5.95 Å². The van der Waals surface area contributed by atoms with Crippen LogP contribution >= 0.6 is 0 Å². The summed E-state index contributed by atoms with van der Waals surface area (Å²) in [4.78, 5) is 10.5. The summed E-state index contributed by atoms with van der Waals surface area (Å²) in [5, 5.41) is 3.28. The van der Waals surface area contributed by atoms with Crippen molar-refractivity contribution in [1.82, 2.24) is 14.5 Å². The van der Waals surface area contributed by atoms with Crippen molar-refractivity contribution in [3.05, 3.63) is 145 Å². The van der Waals surface area contributed by atoms with Gasteiger partial charge in [0.2, 0.25) is 5.95 Å². The molecule has 0 atom stereocenters. The maximum atomic E-state index is 6.39. The van der Waals surface area contributed by atoms with Gasteiger partial charge in [-0.05, 0) is 57.6 Å². The fraction of sp³-hybridized carbons (Fsp3) is 0.0732. The van der Waals surface area contributed by atoms with E-state index in [2.05, 4.69) is 134 Å². The second-order valence-corrected chi connectivity index (χ2v) is 12.5. The summed E-state index contributed by atoms with van der Waals surface area (Å²) in [5.41, 5.74) is 13.2. The maximum Gasteiger partial charge on any atom is 0.235 e. The van der Waals surface area contributed by atoms with Gasteiger partial charge in [0.15, 0.2) is 0 Å². The Bertz CT molecular complexity index is 2460. The molecule has 9 rings (SSSR count). The Morgan fingerprint density at radius 2 is 1.22 bits per heavy atom. The summed E-state index contributed by atoms with van der Waals surface area (Å²) >= 11 is 0. The average molecular weight is 574 g/mol. The topological polar surface area (TPSA) is 30.7 Å². The molecule has 6 aromatic carbocycles. The van der Waals surface area contributed by atoms with Crippen LogP contribution in [0.4, 0.5) is 0 Å². The van der Waals surface area contributed by atoms with Crippen LogP contribution < -0.4 is 5.46 Å². The van der Waals surface area contributed by atoms with Crippen LogP contribution in [0.15, 0.2) is 133 Å². The molecule has 3 nitrogen and oxygen atoms in total. The Morgan fingerprint density at radius 1 is 0.533 bits per heavy atom. The van der Waals surface area contributed by atoms with Crippen molar-refractivity contribution in [2.24, 2.45) is 0 Å². The van der Waals surface area contributed by atoms with Gasteiger partial charge in [0.25, 0.3) is 0 Å². The van der Waals surface area contributed by atoms with E-state index < -0.39 is 0 Å². The van der Waals surface area contributed by atoms with Crippen molar-refractivity contribution in [1.29, 1.82) is 0 Å². The fourth-order valence-electron chi connectivity index (χ4n) is 7.28. The van der Waals surface area contributed by atoms with Gasteiger partial charge in [-0.15, -0.1) is 0 Å². The van der Waals surface area contributed by atoms with E-state index >= 15 is 0 Å². The van der Waals surface area contributed by atoms with Gasteiger partial charge < -0.3 is 0 Å². The summed E-state index contributed by atoms with van der Waals surface area (Å²) in [6.07, 6.45) is 0. The zero-order valence-corrected chi connectivity index (χ0v) is 25.1. The number of hydrogen-bond acceptors (Lipinski definition) is 2. The quantitative estimate of drug-likeness (QED) is 0.197. The molecule has 210 valence electrons. The minimum atomic E-state index is -0.104. The third-order valence-electron chi connectivity index (χ3n) is 9.55. The molecule has 1 aliphatic carbocycles. The van der Waals surface area contributed by atoms with Gasteiger partial charge in [-0.3, -0.25) is 4.57 Å². The van der Waals surface area contributed by atoms with Crippen LogP contribution in [0.5, 0.6) is 0 Å². The van der Waals surface area contributed by atoms with Crippen molar-refractivity contribution in [2.45, 2.75) is 19.3 Å². The van der Waals surface area contributed by atoms with Gasteiger partial charge >= 0.3 is 0 Å². The first-order valence-electron chi connectivity index (χ1n) is 15.4. The monoisotopic (exact) mass is 573 g/mol. The lowest BCUT2D eigenvalue weighted by molar-refractivity contribution is 0.661. The van der Waals surface area contributed by atoms with Gasteiger partial charge in [0, 0.05) is 27.1 Å². The molecule has 4 heteroatoms. The Morgan fingerprint density at radius 3 is 2.07 bits per heavy atom. The molecule has 0 aliphatic heterocycles. The largest absolute Gasteiger partial charge is 0.278 e. The molecule has 45 heavy (non-hydrogen) atoms. The molecule has 0 saturated carbocycles. The van der Waals surface area contributed by atoms with E-state index in [1.165, 1.54) is 33.4 Å². The number of aromatic nitrogens is 3. The van der Waals surface area contributed by atoms with Crippen molar-refractivity contribution < 1.29 is 0 Å². The van der Waals surface area contributed by atoms with Gasteiger partial charge in [0.1, 0.15) is 7.85 Å². The van der Waals surface area contributed by atoms with E-state index in [4.69, 9.17) is 17.8 Å². The van der Waals surface area contributed by atoms with Crippen molar-refractivity contribution in [2.75, 3.05) is 0 Å². The molecule has 0 unspecified atom stereocenters. The van der Waals surface area contributed by atoms with E-state index in [9.17, 15) is 0 Å². The lowest BCUT2D eigenvalue weighted by atomic mass is 9.82. The molecule has 0 amide bonds. The summed E-state index contributed by atoms with van der Waals surface area (Å²) in [6, 6.07) is 47.0. The first-order chi connectivity index (χ1) is 22.0. The SMILES string of the molecule is [B]c1ccc2c(c1)c1cc3c(cc1n2-c1nc(-c2ccc(-c4ccccc4)cc2)c2ccccc2n1)-c1ccccc1C3(C)C. The molecule has 8 aromatic rings. The van der Waals surface area contributed by atoms with Crippen molar-refractivity contribution in [3.63, 3.8) is 0 Å². The summed E-state index contributed by atoms with van der Waals surface area (Å²) < 4.78 is 2.21. The molecule has 2 heterocycles. The molecule has 0 N–H and O–H groups in total. The standard InChI is InChI=1S/C41H28BN3/c1-41(2)34-14-8-6-12-29(34)31-24-38-33(23-35(31)41)32-22-28(42)20-21-37(32)45(38)40-43-36-15-9-7-13-30(36)39(44-40)27-18-16-26(17-19-27)25-10-4-3-5-11-25/h3-24H,1-2H3. The molecule has 2 aromatic heterocycles. The highest BCUT2D eigenvalue weighted by Crippen LogP contribution is 2.50. The fourth-order valence-corrected chi connectivity index (χ4v) is 7.28. The molecule has 0 spiro atoms. The Balaban J connectivity index is 1.32. The average Bonchev–Trinajstić information content (AvgIpc) is 3.51. The molecule has 0 bridgehead atoms. The first-order valence-corrected chi connectivity index (χ1v) is 15.4. The number of rotatable bonds is 3. The second-order valence-electron chi connectivity index (χ2n) is 12.5. The van der Waals surface area contributed by atoms with Crippen molar-refractivity contribution >= 4 is 46.0 Å². The normalized spacial score (nSPS) is 13.4. The maximum absolute atomic E-state index is 6.39. The highest BCUT2D eigenvalue weighted by atomic mass is 15.2. The summed E-state index contributed by atoms with van der Waals surface area (Å²) in [7, 11) is 6.39. The number of benzene rings is 6. The third kappa shape index (κ3) is 3.85. The van der Waals surface area contributed by atoms with E-state index in [1.807, 2.05) is 18.2 Å². The van der Waals surface area contributed by atoms with Gasteiger partial charge in [-0.2, -0.15) is 0 Å². The van der Waals surface area contributed by atoms with Crippen LogP contribution in [0.25, 0.3) is 72.2 Å². The van der Waals surface area contributed by atoms with E-state index in [-0.39, 0.29) is 5.41 Å². The molecular formula is C41H28BN3. The van der Waals surface area contributed by atoms with Gasteiger partial charge in [0.05, 0.1) is 22.2 Å². The van der Waals surface area contributed by atoms with E-state index in [0.717, 1.165) is 49.4 Å². The Kier molecular flexibility index (Phi) is 5.49. The van der Waals surface area contributed by atoms with Gasteiger partial charge in [-0.1, -0.05) is 129 Å².